The summed E-state index contributed by atoms with van der Waals surface area (Å²) in [5, 5.41) is 2.95. The molecule has 2 saturated carbocycles. The topological polar surface area (TPSA) is 55.1 Å². The Morgan fingerprint density at radius 2 is 2.15 bits per heavy atom. The number of fused-ring (bicyclic) bond motifs is 2. The normalized spacial score (nSPS) is 31.6. The Balaban J connectivity index is 1.62. The molecule has 3 rings (SSSR count). The number of halogens is 2. The van der Waals surface area contributed by atoms with E-state index in [2.05, 4.69) is 21.2 Å². The van der Waals surface area contributed by atoms with Gasteiger partial charge in [-0.2, -0.15) is 0 Å². The first-order valence-corrected chi connectivity index (χ1v) is 7.83. The van der Waals surface area contributed by atoms with Crippen molar-refractivity contribution in [3.63, 3.8) is 0 Å². The molecule has 0 heterocycles. The van der Waals surface area contributed by atoms with Crippen LogP contribution in [-0.2, 0) is 11.3 Å². The number of rotatable bonds is 3. The van der Waals surface area contributed by atoms with E-state index in [1.807, 2.05) is 0 Å². The van der Waals surface area contributed by atoms with Crippen molar-refractivity contribution in [2.75, 3.05) is 0 Å². The SMILES string of the molecule is NC1C2CCC(C2)C1C(=O)NCc1ccc(F)cc1Br. The van der Waals surface area contributed by atoms with Gasteiger partial charge in [0.1, 0.15) is 5.82 Å². The van der Waals surface area contributed by atoms with Gasteiger partial charge in [-0.3, -0.25) is 4.79 Å². The van der Waals surface area contributed by atoms with Crippen molar-refractivity contribution in [1.82, 2.24) is 5.32 Å². The Hall–Kier alpha value is -0.940. The molecule has 2 aliphatic rings. The second-order valence-electron chi connectivity index (χ2n) is 5.89. The minimum absolute atomic E-state index is 0.00501. The lowest BCUT2D eigenvalue weighted by molar-refractivity contribution is -0.127. The summed E-state index contributed by atoms with van der Waals surface area (Å²) in [7, 11) is 0. The van der Waals surface area contributed by atoms with Gasteiger partial charge in [0.25, 0.3) is 0 Å². The van der Waals surface area contributed by atoms with Crippen LogP contribution in [0.15, 0.2) is 22.7 Å². The zero-order valence-electron chi connectivity index (χ0n) is 11.1. The highest BCUT2D eigenvalue weighted by Gasteiger charge is 2.48. The molecule has 3 nitrogen and oxygen atoms in total. The third-order valence-corrected chi connectivity index (χ3v) is 5.49. The van der Waals surface area contributed by atoms with Gasteiger partial charge < -0.3 is 11.1 Å². The molecular formula is C15H18BrFN2O. The van der Waals surface area contributed by atoms with E-state index in [1.54, 1.807) is 6.07 Å². The monoisotopic (exact) mass is 340 g/mol. The van der Waals surface area contributed by atoms with Crippen LogP contribution in [0.4, 0.5) is 4.39 Å². The molecule has 1 amide bonds. The van der Waals surface area contributed by atoms with Gasteiger partial charge in [-0.15, -0.1) is 0 Å². The first-order chi connectivity index (χ1) is 9.56. The van der Waals surface area contributed by atoms with E-state index in [0.29, 0.717) is 22.9 Å². The second kappa shape index (κ2) is 5.45. The molecule has 0 saturated heterocycles. The van der Waals surface area contributed by atoms with Crippen molar-refractivity contribution in [1.29, 1.82) is 0 Å². The van der Waals surface area contributed by atoms with Crippen molar-refractivity contribution < 1.29 is 9.18 Å². The summed E-state index contributed by atoms with van der Waals surface area (Å²) in [6.07, 6.45) is 3.38. The largest absolute Gasteiger partial charge is 0.352 e. The van der Waals surface area contributed by atoms with Crippen molar-refractivity contribution in [2.45, 2.75) is 31.8 Å². The minimum atomic E-state index is -0.290. The Bertz CT molecular complexity index is 535. The molecule has 20 heavy (non-hydrogen) atoms. The molecule has 4 unspecified atom stereocenters. The first kappa shape index (κ1) is 14.0. The van der Waals surface area contributed by atoms with Gasteiger partial charge in [-0.1, -0.05) is 22.0 Å². The fraction of sp³-hybridized carbons (Fsp3) is 0.533. The van der Waals surface area contributed by atoms with Crippen LogP contribution >= 0.6 is 15.9 Å². The maximum Gasteiger partial charge on any atom is 0.225 e. The van der Waals surface area contributed by atoms with Crippen LogP contribution in [0.5, 0.6) is 0 Å². The molecule has 0 radical (unpaired) electrons. The summed E-state index contributed by atoms with van der Waals surface area (Å²) in [5.41, 5.74) is 7.04. The van der Waals surface area contributed by atoms with Crippen LogP contribution in [-0.4, -0.2) is 11.9 Å². The number of hydrogen-bond donors (Lipinski definition) is 2. The third-order valence-electron chi connectivity index (χ3n) is 4.75. The van der Waals surface area contributed by atoms with Gasteiger partial charge in [-0.25, -0.2) is 4.39 Å². The smallest absolute Gasteiger partial charge is 0.225 e. The predicted molar refractivity (Wildman–Crippen MR) is 78.2 cm³/mol. The highest BCUT2D eigenvalue weighted by Crippen LogP contribution is 2.47. The Morgan fingerprint density at radius 1 is 1.40 bits per heavy atom. The molecule has 2 aliphatic carbocycles. The molecule has 0 aromatic heterocycles. The van der Waals surface area contributed by atoms with Crippen LogP contribution in [0.25, 0.3) is 0 Å². The molecule has 2 bridgehead atoms. The lowest BCUT2D eigenvalue weighted by atomic mass is 9.84. The number of carbonyl (C=O) groups is 1. The quantitative estimate of drug-likeness (QED) is 0.888. The van der Waals surface area contributed by atoms with E-state index in [0.717, 1.165) is 18.4 Å². The van der Waals surface area contributed by atoms with Gasteiger partial charge >= 0.3 is 0 Å². The summed E-state index contributed by atoms with van der Waals surface area (Å²) >= 11 is 3.31. The van der Waals surface area contributed by atoms with Crippen LogP contribution in [0, 0.1) is 23.6 Å². The molecular weight excluding hydrogens is 323 g/mol. The maximum atomic E-state index is 13.0. The van der Waals surface area contributed by atoms with E-state index in [9.17, 15) is 9.18 Å². The number of nitrogens with one attached hydrogen (secondary N) is 1. The molecule has 0 spiro atoms. The lowest BCUT2D eigenvalue weighted by Gasteiger charge is -2.27. The first-order valence-electron chi connectivity index (χ1n) is 7.03. The zero-order valence-corrected chi connectivity index (χ0v) is 12.7. The van der Waals surface area contributed by atoms with Crippen molar-refractivity contribution in [3.05, 3.63) is 34.1 Å². The minimum Gasteiger partial charge on any atom is -0.352 e. The van der Waals surface area contributed by atoms with Crippen LogP contribution in [0.3, 0.4) is 0 Å². The molecule has 1 aromatic carbocycles. The number of carbonyl (C=O) groups excluding carboxylic acids is 1. The number of amides is 1. The summed E-state index contributed by atoms with van der Waals surface area (Å²) in [5.74, 6) is 0.677. The van der Waals surface area contributed by atoms with E-state index in [-0.39, 0.29) is 23.7 Å². The molecule has 5 heteroatoms. The van der Waals surface area contributed by atoms with E-state index in [4.69, 9.17) is 5.73 Å². The van der Waals surface area contributed by atoms with Gasteiger partial charge in [0.05, 0.1) is 5.92 Å². The predicted octanol–water partition coefficient (Wildman–Crippen LogP) is 2.58. The van der Waals surface area contributed by atoms with E-state index >= 15 is 0 Å². The van der Waals surface area contributed by atoms with Gasteiger partial charge in [0.2, 0.25) is 5.91 Å². The highest BCUT2D eigenvalue weighted by molar-refractivity contribution is 9.10. The third kappa shape index (κ3) is 2.49. The molecule has 108 valence electrons. The standard InChI is InChI=1S/C15H18BrFN2O/c16-12-6-11(17)4-3-10(12)7-19-15(20)13-8-1-2-9(5-8)14(13)18/h3-4,6,8-9,13-14H,1-2,5,7,18H2,(H,19,20). The number of benzene rings is 1. The van der Waals surface area contributed by atoms with Crippen molar-refractivity contribution in [3.8, 4) is 0 Å². The number of nitrogens with two attached hydrogens (primary N) is 1. The zero-order chi connectivity index (χ0) is 14.3. The Labute approximate surface area is 126 Å². The molecule has 1 aromatic rings. The number of hydrogen-bond acceptors (Lipinski definition) is 2. The lowest BCUT2D eigenvalue weighted by Crippen LogP contribution is -2.45. The fourth-order valence-corrected chi connectivity index (χ4v) is 4.18. The van der Waals surface area contributed by atoms with Gasteiger partial charge in [0.15, 0.2) is 0 Å². The average molecular weight is 341 g/mol. The Kier molecular flexibility index (Phi) is 3.82. The summed E-state index contributed by atoms with van der Waals surface area (Å²) in [4.78, 5) is 12.3. The maximum absolute atomic E-state index is 13.0. The van der Waals surface area contributed by atoms with Gasteiger partial charge in [0, 0.05) is 17.1 Å². The summed E-state index contributed by atoms with van der Waals surface area (Å²) in [6, 6.07) is 4.49. The van der Waals surface area contributed by atoms with Crippen LogP contribution < -0.4 is 11.1 Å². The van der Waals surface area contributed by atoms with Crippen molar-refractivity contribution in [2.24, 2.45) is 23.5 Å². The summed E-state index contributed by atoms with van der Waals surface area (Å²) in [6.45, 7) is 0.403. The Morgan fingerprint density at radius 3 is 2.80 bits per heavy atom. The molecule has 4 atom stereocenters. The van der Waals surface area contributed by atoms with Crippen molar-refractivity contribution >= 4 is 21.8 Å². The second-order valence-corrected chi connectivity index (χ2v) is 6.74. The fourth-order valence-electron chi connectivity index (χ4n) is 3.69. The highest BCUT2D eigenvalue weighted by atomic mass is 79.9. The van der Waals surface area contributed by atoms with Crippen LogP contribution in [0.2, 0.25) is 0 Å². The van der Waals surface area contributed by atoms with E-state index < -0.39 is 0 Å². The molecule has 0 aliphatic heterocycles. The van der Waals surface area contributed by atoms with E-state index in [1.165, 1.54) is 18.6 Å². The molecule has 2 fully saturated rings. The summed E-state index contributed by atoms with van der Waals surface area (Å²) < 4.78 is 13.7. The van der Waals surface area contributed by atoms with Gasteiger partial charge in [-0.05, 0) is 48.8 Å². The average Bonchev–Trinajstić information content (AvgIpc) is 2.98. The molecule has 3 N–H and O–H groups in total. The van der Waals surface area contributed by atoms with Crippen LogP contribution in [0.1, 0.15) is 24.8 Å².